The van der Waals surface area contributed by atoms with Crippen molar-refractivity contribution in [3.05, 3.63) is 41.6 Å². The van der Waals surface area contributed by atoms with Crippen LogP contribution in [-0.2, 0) is 6.54 Å². The molecule has 0 aliphatic carbocycles. The van der Waals surface area contributed by atoms with Crippen LogP contribution in [0.5, 0.6) is 0 Å². The van der Waals surface area contributed by atoms with Crippen LogP contribution < -0.4 is 5.32 Å². The second kappa shape index (κ2) is 5.56. The summed E-state index contributed by atoms with van der Waals surface area (Å²) in [6.07, 6.45) is 0. The van der Waals surface area contributed by atoms with E-state index < -0.39 is 0 Å². The Kier molecular flexibility index (Phi) is 3.85. The molecule has 2 rings (SSSR count). The van der Waals surface area contributed by atoms with Crippen LogP contribution in [0.2, 0.25) is 0 Å². The van der Waals surface area contributed by atoms with Gasteiger partial charge in [0.05, 0.1) is 6.54 Å². The first kappa shape index (κ1) is 13.1. The quantitative estimate of drug-likeness (QED) is 0.921. The van der Waals surface area contributed by atoms with Crippen molar-refractivity contribution in [1.29, 1.82) is 0 Å². The standard InChI is InChI=1S/C14H17N3O2/c1-10-12(9-15-14(18)17(2)3)16-19-13(10)11-7-5-4-6-8-11/h4-8H,9H2,1-3H3,(H,15,18). The molecule has 0 unspecified atom stereocenters. The van der Waals surface area contributed by atoms with Crippen LogP contribution >= 0.6 is 0 Å². The molecule has 5 nitrogen and oxygen atoms in total. The van der Waals surface area contributed by atoms with E-state index in [-0.39, 0.29) is 6.03 Å². The SMILES string of the molecule is Cc1c(CNC(=O)N(C)C)noc1-c1ccccc1. The lowest BCUT2D eigenvalue weighted by Crippen LogP contribution is -2.34. The number of amides is 2. The number of benzene rings is 1. The molecular formula is C14H17N3O2. The molecule has 0 aliphatic heterocycles. The van der Waals surface area contributed by atoms with Gasteiger partial charge in [0.25, 0.3) is 0 Å². The van der Waals surface area contributed by atoms with Crippen molar-refractivity contribution in [2.24, 2.45) is 0 Å². The fraction of sp³-hybridized carbons (Fsp3) is 0.286. The maximum Gasteiger partial charge on any atom is 0.317 e. The molecule has 2 amide bonds. The first-order valence-electron chi connectivity index (χ1n) is 6.05. The smallest absolute Gasteiger partial charge is 0.317 e. The fourth-order valence-electron chi connectivity index (χ4n) is 1.71. The summed E-state index contributed by atoms with van der Waals surface area (Å²) in [5, 5.41) is 6.78. The first-order chi connectivity index (χ1) is 9.09. The van der Waals surface area contributed by atoms with Gasteiger partial charge in [-0.05, 0) is 6.92 Å². The minimum absolute atomic E-state index is 0.149. The summed E-state index contributed by atoms with van der Waals surface area (Å²) in [4.78, 5) is 12.9. The van der Waals surface area contributed by atoms with Crippen LogP contribution in [0, 0.1) is 6.92 Å². The van der Waals surface area contributed by atoms with Crippen molar-refractivity contribution in [2.75, 3.05) is 14.1 Å². The summed E-state index contributed by atoms with van der Waals surface area (Å²) < 4.78 is 5.36. The third kappa shape index (κ3) is 2.93. The maximum absolute atomic E-state index is 11.5. The van der Waals surface area contributed by atoms with Crippen LogP contribution in [0.15, 0.2) is 34.9 Å². The lowest BCUT2D eigenvalue weighted by atomic mass is 10.1. The monoisotopic (exact) mass is 259 g/mol. The molecular weight excluding hydrogens is 242 g/mol. The second-order valence-corrected chi connectivity index (χ2v) is 4.50. The highest BCUT2D eigenvalue weighted by atomic mass is 16.5. The normalized spacial score (nSPS) is 10.3. The molecule has 100 valence electrons. The van der Waals surface area contributed by atoms with E-state index in [1.807, 2.05) is 37.3 Å². The number of hydrogen-bond acceptors (Lipinski definition) is 3. The predicted molar refractivity (Wildman–Crippen MR) is 72.6 cm³/mol. The molecule has 2 aromatic rings. The number of aromatic nitrogens is 1. The Labute approximate surface area is 112 Å². The summed E-state index contributed by atoms with van der Waals surface area (Å²) >= 11 is 0. The van der Waals surface area contributed by atoms with Crippen molar-refractivity contribution in [3.63, 3.8) is 0 Å². The average Bonchev–Trinajstić information content (AvgIpc) is 2.78. The predicted octanol–water partition coefficient (Wildman–Crippen LogP) is 2.42. The van der Waals surface area contributed by atoms with E-state index in [0.717, 1.165) is 22.6 Å². The second-order valence-electron chi connectivity index (χ2n) is 4.50. The molecule has 1 N–H and O–H groups in total. The summed E-state index contributed by atoms with van der Waals surface area (Å²) in [5.41, 5.74) is 2.68. The molecule has 0 saturated carbocycles. The van der Waals surface area contributed by atoms with E-state index >= 15 is 0 Å². The number of carbonyl (C=O) groups is 1. The molecule has 5 heteroatoms. The molecule has 19 heavy (non-hydrogen) atoms. The highest BCUT2D eigenvalue weighted by molar-refractivity contribution is 5.73. The van der Waals surface area contributed by atoms with Crippen molar-refractivity contribution < 1.29 is 9.32 Å². The van der Waals surface area contributed by atoms with Gasteiger partial charge in [0.15, 0.2) is 5.76 Å². The number of hydrogen-bond donors (Lipinski definition) is 1. The van der Waals surface area contributed by atoms with E-state index in [2.05, 4.69) is 10.5 Å². The zero-order chi connectivity index (χ0) is 13.8. The van der Waals surface area contributed by atoms with Crippen LogP contribution in [0.1, 0.15) is 11.3 Å². The van der Waals surface area contributed by atoms with E-state index in [1.54, 1.807) is 14.1 Å². The Morgan fingerprint density at radius 1 is 1.32 bits per heavy atom. The summed E-state index contributed by atoms with van der Waals surface area (Å²) in [7, 11) is 3.39. The molecule has 1 aromatic carbocycles. The Morgan fingerprint density at radius 3 is 2.63 bits per heavy atom. The number of urea groups is 1. The average molecular weight is 259 g/mol. The summed E-state index contributed by atoms with van der Waals surface area (Å²) in [5.74, 6) is 0.745. The molecule has 0 atom stereocenters. The minimum Gasteiger partial charge on any atom is -0.356 e. The molecule has 0 radical (unpaired) electrons. The lowest BCUT2D eigenvalue weighted by Gasteiger charge is -2.10. The van der Waals surface area contributed by atoms with Crippen LogP contribution in [0.3, 0.4) is 0 Å². The van der Waals surface area contributed by atoms with Crippen molar-refractivity contribution in [2.45, 2.75) is 13.5 Å². The molecule has 0 spiro atoms. The van der Waals surface area contributed by atoms with Gasteiger partial charge in [-0.25, -0.2) is 4.79 Å². The van der Waals surface area contributed by atoms with Gasteiger partial charge in [-0.15, -0.1) is 0 Å². The van der Waals surface area contributed by atoms with E-state index in [4.69, 9.17) is 4.52 Å². The third-order valence-electron chi connectivity index (χ3n) is 2.87. The highest BCUT2D eigenvalue weighted by Crippen LogP contribution is 2.25. The van der Waals surface area contributed by atoms with Gasteiger partial charge in [0.1, 0.15) is 5.69 Å². The molecule has 0 fully saturated rings. The van der Waals surface area contributed by atoms with Crippen LogP contribution in [-0.4, -0.2) is 30.2 Å². The van der Waals surface area contributed by atoms with Gasteiger partial charge in [0.2, 0.25) is 0 Å². The van der Waals surface area contributed by atoms with Gasteiger partial charge in [-0.2, -0.15) is 0 Å². The number of nitrogens with one attached hydrogen (secondary N) is 1. The largest absolute Gasteiger partial charge is 0.356 e. The number of nitrogens with zero attached hydrogens (tertiary/aromatic N) is 2. The number of rotatable bonds is 3. The first-order valence-corrected chi connectivity index (χ1v) is 6.05. The molecule has 1 heterocycles. The van der Waals surface area contributed by atoms with E-state index in [0.29, 0.717) is 6.54 Å². The van der Waals surface area contributed by atoms with Crippen LogP contribution in [0.25, 0.3) is 11.3 Å². The van der Waals surface area contributed by atoms with Gasteiger partial charge < -0.3 is 14.7 Å². The van der Waals surface area contributed by atoms with Crippen molar-refractivity contribution >= 4 is 6.03 Å². The topological polar surface area (TPSA) is 58.4 Å². The van der Waals surface area contributed by atoms with E-state index in [1.165, 1.54) is 4.90 Å². The van der Waals surface area contributed by atoms with Gasteiger partial charge in [-0.1, -0.05) is 35.5 Å². The van der Waals surface area contributed by atoms with Gasteiger partial charge >= 0.3 is 6.03 Å². The summed E-state index contributed by atoms with van der Waals surface area (Å²) in [6.45, 7) is 2.30. The zero-order valence-corrected chi connectivity index (χ0v) is 11.3. The van der Waals surface area contributed by atoms with Crippen molar-refractivity contribution in [3.8, 4) is 11.3 Å². The fourth-order valence-corrected chi connectivity index (χ4v) is 1.71. The Hall–Kier alpha value is -2.30. The van der Waals surface area contributed by atoms with Gasteiger partial charge in [0, 0.05) is 25.2 Å². The minimum atomic E-state index is -0.149. The molecule has 0 bridgehead atoms. The Bertz CT molecular complexity index is 561. The summed E-state index contributed by atoms with van der Waals surface area (Å²) in [6, 6.07) is 9.64. The zero-order valence-electron chi connectivity index (χ0n) is 11.3. The Morgan fingerprint density at radius 2 is 2.00 bits per heavy atom. The maximum atomic E-state index is 11.5. The van der Waals surface area contributed by atoms with Crippen LogP contribution in [0.4, 0.5) is 4.79 Å². The number of carbonyl (C=O) groups excluding carboxylic acids is 1. The Balaban J connectivity index is 2.13. The molecule has 0 saturated heterocycles. The molecule has 1 aromatic heterocycles. The van der Waals surface area contributed by atoms with Gasteiger partial charge in [-0.3, -0.25) is 0 Å². The lowest BCUT2D eigenvalue weighted by molar-refractivity contribution is 0.216. The van der Waals surface area contributed by atoms with Crippen molar-refractivity contribution in [1.82, 2.24) is 15.4 Å². The molecule has 0 aliphatic rings. The third-order valence-corrected chi connectivity index (χ3v) is 2.87. The highest BCUT2D eigenvalue weighted by Gasteiger charge is 2.14. The van der Waals surface area contributed by atoms with E-state index in [9.17, 15) is 4.79 Å².